The quantitative estimate of drug-likeness (QED) is 0.468. The van der Waals surface area contributed by atoms with Crippen LogP contribution in [0.25, 0.3) is 0 Å². The van der Waals surface area contributed by atoms with E-state index in [1.54, 1.807) is 25.6 Å². The van der Waals surface area contributed by atoms with E-state index in [0.29, 0.717) is 42.8 Å². The molecule has 116 valence electrons. The van der Waals surface area contributed by atoms with Crippen LogP contribution in [0.15, 0.2) is 10.2 Å². The minimum atomic E-state index is -0.632. The van der Waals surface area contributed by atoms with E-state index in [4.69, 9.17) is 6.42 Å². The smallest absolute Gasteiger partial charge is 0.292 e. The summed E-state index contributed by atoms with van der Waals surface area (Å²) in [6.45, 7) is 3.81. The van der Waals surface area contributed by atoms with Gasteiger partial charge >= 0.3 is 0 Å². The number of amides is 1. The molecule has 1 aromatic heterocycles. The van der Waals surface area contributed by atoms with Gasteiger partial charge in [-0.3, -0.25) is 14.3 Å². The van der Waals surface area contributed by atoms with Crippen molar-refractivity contribution in [1.82, 2.24) is 15.1 Å². The Bertz CT molecular complexity index is 675. The van der Waals surface area contributed by atoms with Gasteiger partial charge in [-0.25, -0.2) is 0 Å². The van der Waals surface area contributed by atoms with E-state index in [1.165, 1.54) is 0 Å². The first-order chi connectivity index (χ1) is 10.4. The second-order valence-corrected chi connectivity index (χ2v) is 5.39. The highest BCUT2D eigenvalue weighted by Gasteiger charge is 2.38. The van der Waals surface area contributed by atoms with Crippen LogP contribution < -0.4 is 5.32 Å². The van der Waals surface area contributed by atoms with Crippen LogP contribution in [0.1, 0.15) is 41.0 Å². The van der Waals surface area contributed by atoms with E-state index in [9.17, 15) is 9.59 Å². The number of nitrogens with zero attached hydrogens (tertiary/aromatic N) is 4. The van der Waals surface area contributed by atoms with Gasteiger partial charge < -0.3 is 5.32 Å². The molecule has 1 N–H and O–H groups in total. The van der Waals surface area contributed by atoms with E-state index in [-0.39, 0.29) is 0 Å². The zero-order chi connectivity index (χ0) is 16.3. The molecule has 0 atom stereocenters. The maximum Gasteiger partial charge on any atom is 0.292 e. The van der Waals surface area contributed by atoms with E-state index in [1.807, 2.05) is 0 Å². The Hall–Kier alpha value is -2.49. The number of terminal acetylenes is 1. The minimum absolute atomic E-state index is 0.334. The molecule has 0 radical (unpaired) electrons. The number of carbonyl (C=O) groups excluding carboxylic acids is 2. The molecule has 0 spiro atoms. The van der Waals surface area contributed by atoms with Crippen LogP contribution in [-0.2, 0) is 11.8 Å². The summed E-state index contributed by atoms with van der Waals surface area (Å²) in [5.41, 5.74) is 1.14. The molecular formula is C15H19N5O2. The van der Waals surface area contributed by atoms with Crippen LogP contribution in [0.5, 0.6) is 0 Å². The SMILES string of the molecule is C#CCCC1(CCNC(=O)C(=O)c2c(C)nn(C)c2C)N=N1. The normalized spacial score (nSPS) is 14.5. The highest BCUT2D eigenvalue weighted by molar-refractivity contribution is 6.43. The Morgan fingerprint density at radius 2 is 2.00 bits per heavy atom. The number of hydrogen-bond donors (Lipinski definition) is 1. The molecule has 1 aromatic rings. The Morgan fingerprint density at radius 1 is 1.32 bits per heavy atom. The summed E-state index contributed by atoms with van der Waals surface area (Å²) < 4.78 is 1.59. The van der Waals surface area contributed by atoms with Gasteiger partial charge in [-0.05, 0) is 13.8 Å². The molecule has 1 aliphatic heterocycles. The highest BCUT2D eigenvalue weighted by atomic mass is 16.2. The average Bonchev–Trinajstić information content (AvgIpc) is 3.19. The van der Waals surface area contributed by atoms with Crippen molar-refractivity contribution in [3.63, 3.8) is 0 Å². The number of aromatic nitrogens is 2. The Kier molecular flexibility index (Phi) is 4.40. The molecule has 1 aliphatic rings. The van der Waals surface area contributed by atoms with Gasteiger partial charge in [0.15, 0.2) is 5.66 Å². The van der Waals surface area contributed by atoms with Crippen LogP contribution in [0.2, 0.25) is 0 Å². The zero-order valence-corrected chi connectivity index (χ0v) is 13.0. The largest absolute Gasteiger partial charge is 0.349 e. The number of hydrogen-bond acceptors (Lipinski definition) is 5. The molecule has 0 aromatic carbocycles. The first kappa shape index (κ1) is 15.9. The molecule has 0 saturated carbocycles. The van der Waals surface area contributed by atoms with E-state index in [0.717, 1.165) is 0 Å². The highest BCUT2D eigenvalue weighted by Crippen LogP contribution is 2.35. The van der Waals surface area contributed by atoms with Gasteiger partial charge in [-0.2, -0.15) is 15.3 Å². The third-order valence-electron chi connectivity index (χ3n) is 3.81. The molecule has 0 bridgehead atoms. The van der Waals surface area contributed by atoms with Crippen molar-refractivity contribution in [1.29, 1.82) is 0 Å². The predicted octanol–water partition coefficient (Wildman–Crippen LogP) is 1.30. The number of aryl methyl sites for hydroxylation is 2. The van der Waals surface area contributed by atoms with Crippen LogP contribution in [0.3, 0.4) is 0 Å². The molecular weight excluding hydrogens is 282 g/mol. The van der Waals surface area contributed by atoms with Crippen LogP contribution >= 0.6 is 0 Å². The van der Waals surface area contributed by atoms with Gasteiger partial charge in [-0.1, -0.05) is 0 Å². The lowest BCUT2D eigenvalue weighted by Crippen LogP contribution is -2.34. The summed E-state index contributed by atoms with van der Waals surface area (Å²) >= 11 is 0. The third kappa shape index (κ3) is 3.22. The maximum atomic E-state index is 12.2. The lowest BCUT2D eigenvalue weighted by molar-refractivity contribution is -0.117. The monoisotopic (exact) mass is 301 g/mol. The second kappa shape index (κ2) is 6.10. The second-order valence-electron chi connectivity index (χ2n) is 5.39. The number of ketones is 1. The molecule has 1 amide bonds. The summed E-state index contributed by atoms with van der Waals surface area (Å²) in [7, 11) is 1.74. The topological polar surface area (TPSA) is 88.7 Å². The van der Waals surface area contributed by atoms with Gasteiger partial charge in [0, 0.05) is 38.5 Å². The molecule has 22 heavy (non-hydrogen) atoms. The fraction of sp³-hybridized carbons (Fsp3) is 0.533. The van der Waals surface area contributed by atoms with Crippen molar-refractivity contribution < 1.29 is 9.59 Å². The summed E-state index contributed by atoms with van der Waals surface area (Å²) in [6.07, 6.45) is 7.04. The van der Waals surface area contributed by atoms with Gasteiger partial charge in [0.1, 0.15) is 0 Å². The lowest BCUT2D eigenvalue weighted by Gasteiger charge is -2.09. The number of carbonyl (C=O) groups is 2. The minimum Gasteiger partial charge on any atom is -0.349 e. The van der Waals surface area contributed by atoms with Crippen molar-refractivity contribution in [2.24, 2.45) is 17.3 Å². The van der Waals surface area contributed by atoms with E-state index < -0.39 is 17.4 Å². The van der Waals surface area contributed by atoms with Crippen molar-refractivity contribution in [3.05, 3.63) is 17.0 Å². The van der Waals surface area contributed by atoms with Crippen LogP contribution in [0, 0.1) is 26.2 Å². The van der Waals surface area contributed by atoms with Gasteiger partial charge in [0.25, 0.3) is 11.7 Å². The van der Waals surface area contributed by atoms with E-state index >= 15 is 0 Å². The molecule has 2 rings (SSSR count). The van der Waals surface area contributed by atoms with Crippen molar-refractivity contribution in [2.75, 3.05) is 6.54 Å². The fourth-order valence-corrected chi connectivity index (χ4v) is 2.34. The standard InChI is InChI=1S/C15H19N5O2/c1-5-6-7-15(18-19-15)8-9-16-14(22)13(21)12-10(2)17-20(4)11(12)3/h1H,6-9H2,2-4H3,(H,16,22). The van der Waals surface area contributed by atoms with Crippen LogP contribution in [-0.4, -0.2) is 33.7 Å². The Balaban J connectivity index is 1.88. The molecule has 7 nitrogen and oxygen atoms in total. The lowest BCUT2D eigenvalue weighted by atomic mass is 10.0. The Morgan fingerprint density at radius 3 is 2.50 bits per heavy atom. The van der Waals surface area contributed by atoms with Gasteiger partial charge in [-0.15, -0.1) is 12.3 Å². The third-order valence-corrected chi connectivity index (χ3v) is 3.81. The van der Waals surface area contributed by atoms with Gasteiger partial charge in [0.05, 0.1) is 11.3 Å². The van der Waals surface area contributed by atoms with Crippen molar-refractivity contribution >= 4 is 11.7 Å². The summed E-state index contributed by atoms with van der Waals surface area (Å²) in [4.78, 5) is 24.2. The molecule has 0 fully saturated rings. The predicted molar refractivity (Wildman–Crippen MR) is 80.3 cm³/mol. The first-order valence-corrected chi connectivity index (χ1v) is 7.10. The average molecular weight is 301 g/mol. The van der Waals surface area contributed by atoms with Crippen molar-refractivity contribution in [3.8, 4) is 12.3 Å². The Labute approximate surface area is 129 Å². The number of Topliss-reactive ketones (excluding diaryl/α,β-unsaturated/α-hetero) is 1. The maximum absolute atomic E-state index is 12.2. The molecule has 7 heteroatoms. The summed E-state index contributed by atoms with van der Waals surface area (Å²) in [6, 6.07) is 0. The number of rotatable bonds is 7. The first-order valence-electron chi connectivity index (χ1n) is 7.10. The summed E-state index contributed by atoms with van der Waals surface area (Å²) in [5, 5.41) is 14.7. The van der Waals surface area contributed by atoms with Crippen molar-refractivity contribution in [2.45, 2.75) is 38.8 Å². The van der Waals surface area contributed by atoms with E-state index in [2.05, 4.69) is 26.6 Å². The molecule has 0 aliphatic carbocycles. The van der Waals surface area contributed by atoms with Gasteiger partial charge in [0.2, 0.25) is 0 Å². The zero-order valence-electron chi connectivity index (χ0n) is 13.0. The number of nitrogens with one attached hydrogen (secondary N) is 1. The fourth-order valence-electron chi connectivity index (χ4n) is 2.34. The molecule has 0 saturated heterocycles. The summed E-state index contributed by atoms with van der Waals surface area (Å²) in [5.74, 6) is 1.35. The van der Waals surface area contributed by atoms with Crippen LogP contribution in [0.4, 0.5) is 0 Å². The molecule has 0 unspecified atom stereocenters. The molecule has 2 heterocycles.